The number of benzene rings is 2. The Bertz CT molecular complexity index is 798. The molecule has 2 aromatic carbocycles. The second-order valence-corrected chi connectivity index (χ2v) is 5.62. The van der Waals surface area contributed by atoms with Crippen LogP contribution in [0.25, 0.3) is 0 Å². The quantitative estimate of drug-likeness (QED) is 0.625. The van der Waals surface area contributed by atoms with Crippen molar-refractivity contribution in [3.63, 3.8) is 0 Å². The molecule has 3 rings (SSSR count). The van der Waals surface area contributed by atoms with Gasteiger partial charge in [0.15, 0.2) is 18.1 Å². The monoisotopic (exact) mass is 394 g/mol. The number of hydrogen-bond donors (Lipinski definition) is 1. The lowest BCUT2D eigenvalue weighted by Gasteiger charge is -2.05. The molecule has 0 atom stereocenters. The van der Waals surface area contributed by atoms with Gasteiger partial charge < -0.3 is 14.2 Å². The maximum Gasteiger partial charge on any atom is 0.277 e. The molecule has 8 heteroatoms. The first-order chi connectivity index (χ1) is 11.6. The average molecular weight is 395 g/mol. The van der Waals surface area contributed by atoms with Crippen molar-refractivity contribution in [2.75, 3.05) is 13.4 Å². The third-order valence-corrected chi connectivity index (χ3v) is 3.74. The number of halogens is 2. The van der Waals surface area contributed by atoms with Crippen molar-refractivity contribution in [2.24, 2.45) is 5.10 Å². The number of nitrogens with one attached hydrogen (secondary N) is 1. The molecular formula is C16H12BrFN2O4. The lowest BCUT2D eigenvalue weighted by atomic mass is 10.2. The summed E-state index contributed by atoms with van der Waals surface area (Å²) in [5, 5.41) is 3.85. The summed E-state index contributed by atoms with van der Waals surface area (Å²) in [4.78, 5) is 11.7. The zero-order valence-electron chi connectivity index (χ0n) is 12.3. The number of amides is 1. The highest BCUT2D eigenvalue weighted by Gasteiger charge is 2.15. The van der Waals surface area contributed by atoms with E-state index in [0.717, 1.165) is 4.47 Å². The molecule has 1 N–H and O–H groups in total. The Morgan fingerprint density at radius 1 is 1.33 bits per heavy atom. The van der Waals surface area contributed by atoms with E-state index in [0.29, 0.717) is 17.1 Å². The Balaban J connectivity index is 1.53. The first-order valence-corrected chi connectivity index (χ1v) is 7.70. The minimum absolute atomic E-state index is 0.177. The van der Waals surface area contributed by atoms with Crippen LogP contribution in [0.3, 0.4) is 0 Å². The highest BCUT2D eigenvalue weighted by molar-refractivity contribution is 9.10. The summed E-state index contributed by atoms with van der Waals surface area (Å²) in [5.41, 5.74) is 3.04. The Labute approximate surface area is 145 Å². The largest absolute Gasteiger partial charge is 0.484 e. The van der Waals surface area contributed by atoms with Crippen LogP contribution >= 0.6 is 15.9 Å². The normalized spacial score (nSPS) is 12.4. The molecule has 2 aromatic rings. The van der Waals surface area contributed by atoms with Crippen LogP contribution in [0.5, 0.6) is 17.2 Å². The van der Waals surface area contributed by atoms with Crippen LogP contribution in [0.15, 0.2) is 46.0 Å². The highest BCUT2D eigenvalue weighted by Crippen LogP contribution is 2.36. The standard InChI is InChI=1S/C16H12BrFN2O4/c17-13-6-15-14(23-9-24-15)4-10(13)7-19-20-16(21)8-22-12-3-1-2-11(18)5-12/h1-7H,8-9H2,(H,20,21)/b19-7-. The fraction of sp³-hybridized carbons (Fsp3) is 0.125. The van der Waals surface area contributed by atoms with Crippen molar-refractivity contribution in [3.8, 4) is 17.2 Å². The predicted octanol–water partition coefficient (Wildman–Crippen LogP) is 2.85. The number of ether oxygens (including phenoxy) is 3. The number of carbonyl (C=O) groups is 1. The van der Waals surface area contributed by atoms with Gasteiger partial charge in [0.25, 0.3) is 5.91 Å². The molecule has 0 aromatic heterocycles. The number of fused-ring (bicyclic) bond motifs is 1. The van der Waals surface area contributed by atoms with E-state index in [1.807, 2.05) is 0 Å². The van der Waals surface area contributed by atoms with Gasteiger partial charge in [-0.2, -0.15) is 5.10 Å². The number of hydrazone groups is 1. The fourth-order valence-corrected chi connectivity index (χ4v) is 2.37. The zero-order valence-corrected chi connectivity index (χ0v) is 13.9. The Morgan fingerprint density at radius 3 is 2.92 bits per heavy atom. The minimum atomic E-state index is -0.465. The molecule has 1 aliphatic heterocycles. The van der Waals surface area contributed by atoms with Crippen LogP contribution < -0.4 is 19.6 Å². The Kier molecular flexibility index (Phi) is 4.95. The highest BCUT2D eigenvalue weighted by atomic mass is 79.9. The third-order valence-electron chi connectivity index (χ3n) is 3.05. The van der Waals surface area contributed by atoms with Crippen molar-refractivity contribution in [3.05, 3.63) is 52.3 Å². The second kappa shape index (κ2) is 7.31. The molecule has 0 saturated heterocycles. The molecule has 1 amide bonds. The van der Waals surface area contributed by atoms with E-state index in [2.05, 4.69) is 26.5 Å². The molecule has 1 aliphatic rings. The van der Waals surface area contributed by atoms with Gasteiger partial charge in [-0.3, -0.25) is 4.79 Å². The van der Waals surface area contributed by atoms with E-state index in [-0.39, 0.29) is 19.1 Å². The van der Waals surface area contributed by atoms with E-state index in [9.17, 15) is 9.18 Å². The molecule has 0 spiro atoms. The molecule has 0 unspecified atom stereocenters. The summed E-state index contributed by atoms with van der Waals surface area (Å²) in [6.07, 6.45) is 1.46. The number of nitrogens with zero attached hydrogens (tertiary/aromatic N) is 1. The molecule has 0 aliphatic carbocycles. The number of carbonyl (C=O) groups excluding carboxylic acids is 1. The van der Waals surface area contributed by atoms with Gasteiger partial charge in [-0.15, -0.1) is 0 Å². The van der Waals surface area contributed by atoms with Gasteiger partial charge in [0, 0.05) is 16.1 Å². The summed E-state index contributed by atoms with van der Waals surface area (Å²) in [5.74, 6) is 0.630. The van der Waals surface area contributed by atoms with Gasteiger partial charge >= 0.3 is 0 Å². The van der Waals surface area contributed by atoms with Gasteiger partial charge in [0.1, 0.15) is 11.6 Å². The maximum atomic E-state index is 13.0. The molecule has 24 heavy (non-hydrogen) atoms. The number of rotatable bonds is 5. The molecule has 0 bridgehead atoms. The van der Waals surface area contributed by atoms with Crippen molar-refractivity contribution in [2.45, 2.75) is 0 Å². The topological polar surface area (TPSA) is 69.2 Å². The van der Waals surface area contributed by atoms with E-state index >= 15 is 0 Å². The minimum Gasteiger partial charge on any atom is -0.484 e. The van der Waals surface area contributed by atoms with Crippen molar-refractivity contribution >= 4 is 28.1 Å². The van der Waals surface area contributed by atoms with Crippen molar-refractivity contribution in [1.82, 2.24) is 5.43 Å². The zero-order chi connectivity index (χ0) is 16.9. The molecule has 1 heterocycles. The first-order valence-electron chi connectivity index (χ1n) is 6.91. The molecule has 124 valence electrons. The van der Waals surface area contributed by atoms with Gasteiger partial charge in [-0.05, 0) is 40.2 Å². The smallest absolute Gasteiger partial charge is 0.277 e. The fourth-order valence-electron chi connectivity index (χ4n) is 1.94. The van der Waals surface area contributed by atoms with Gasteiger partial charge in [0.05, 0.1) is 6.21 Å². The Morgan fingerprint density at radius 2 is 2.12 bits per heavy atom. The van der Waals surface area contributed by atoms with Gasteiger partial charge in [0.2, 0.25) is 6.79 Å². The van der Waals surface area contributed by atoms with Crippen LogP contribution in [0.2, 0.25) is 0 Å². The molecular weight excluding hydrogens is 383 g/mol. The molecule has 0 fully saturated rings. The molecule has 6 nitrogen and oxygen atoms in total. The van der Waals surface area contributed by atoms with Crippen LogP contribution in [0, 0.1) is 5.82 Å². The lowest BCUT2D eigenvalue weighted by Crippen LogP contribution is -2.24. The Hall–Kier alpha value is -2.61. The molecule has 0 radical (unpaired) electrons. The maximum absolute atomic E-state index is 13.0. The average Bonchev–Trinajstić information content (AvgIpc) is 3.00. The predicted molar refractivity (Wildman–Crippen MR) is 87.9 cm³/mol. The second-order valence-electron chi connectivity index (χ2n) is 4.77. The van der Waals surface area contributed by atoms with E-state index in [1.165, 1.54) is 24.4 Å². The van der Waals surface area contributed by atoms with Crippen LogP contribution in [-0.2, 0) is 4.79 Å². The SMILES string of the molecule is O=C(COc1cccc(F)c1)N/N=C\c1cc2c(cc1Br)OCO2. The third kappa shape index (κ3) is 4.02. The summed E-state index contributed by atoms with van der Waals surface area (Å²) >= 11 is 3.39. The van der Waals surface area contributed by atoms with Crippen LogP contribution in [0.4, 0.5) is 4.39 Å². The van der Waals surface area contributed by atoms with Crippen LogP contribution in [0.1, 0.15) is 5.56 Å². The summed E-state index contributed by atoms with van der Waals surface area (Å²) < 4.78 is 29.4. The number of hydrogen-bond acceptors (Lipinski definition) is 5. The van der Waals surface area contributed by atoms with Crippen molar-refractivity contribution < 1.29 is 23.4 Å². The van der Waals surface area contributed by atoms with Gasteiger partial charge in [-0.1, -0.05) is 6.07 Å². The van der Waals surface area contributed by atoms with E-state index < -0.39 is 11.7 Å². The van der Waals surface area contributed by atoms with E-state index in [1.54, 1.807) is 18.2 Å². The first kappa shape index (κ1) is 16.3. The van der Waals surface area contributed by atoms with Crippen LogP contribution in [-0.4, -0.2) is 25.5 Å². The van der Waals surface area contributed by atoms with Crippen molar-refractivity contribution in [1.29, 1.82) is 0 Å². The summed E-state index contributed by atoms with van der Waals surface area (Å²) in [6.45, 7) is -0.0976. The van der Waals surface area contributed by atoms with Gasteiger partial charge in [-0.25, -0.2) is 9.82 Å². The lowest BCUT2D eigenvalue weighted by molar-refractivity contribution is -0.123. The van der Waals surface area contributed by atoms with E-state index in [4.69, 9.17) is 14.2 Å². The summed E-state index contributed by atoms with van der Waals surface area (Å²) in [6, 6.07) is 9.05. The summed E-state index contributed by atoms with van der Waals surface area (Å²) in [7, 11) is 0. The molecule has 0 saturated carbocycles.